The highest BCUT2D eigenvalue weighted by molar-refractivity contribution is 7.13. The zero-order valence-electron chi connectivity index (χ0n) is 47.6. The van der Waals surface area contributed by atoms with Gasteiger partial charge in [0.2, 0.25) is 23.6 Å². The Kier molecular flexibility index (Phi) is 20.1. The Morgan fingerprint density at radius 3 is 1.74 bits per heavy atom. The largest absolute Gasteiger partial charge is 0.477 e. The van der Waals surface area contributed by atoms with E-state index < -0.39 is 118 Å². The van der Waals surface area contributed by atoms with Crippen LogP contribution in [0.25, 0.3) is 39.1 Å². The van der Waals surface area contributed by atoms with Gasteiger partial charge >= 0.3 is 5.97 Å². The lowest BCUT2D eigenvalue weighted by Gasteiger charge is -2.20. The number of aliphatic carboxylic acids is 1. The fraction of sp³-hybridized carbons (Fsp3) is 0.145. The van der Waals surface area contributed by atoms with Crippen molar-refractivity contribution in [1.29, 1.82) is 0 Å². The summed E-state index contributed by atoms with van der Waals surface area (Å²) in [6, 6.07) is 0.791. The number of thiazole rings is 2. The quantitative estimate of drug-likeness (QED) is 0.0861. The molecule has 35 heteroatoms. The van der Waals surface area contributed by atoms with E-state index in [1.54, 1.807) is 0 Å². The number of rotatable bonds is 10. The summed E-state index contributed by atoms with van der Waals surface area (Å²) < 4.78 is 17.0. The van der Waals surface area contributed by atoms with Crippen molar-refractivity contribution in [2.45, 2.75) is 53.0 Å². The molecule has 7 rings (SSSR count). The van der Waals surface area contributed by atoms with Gasteiger partial charge < -0.3 is 81.7 Å². The Bertz CT molecular complexity index is 4190. The van der Waals surface area contributed by atoms with Gasteiger partial charge in [0.25, 0.3) is 53.2 Å². The summed E-state index contributed by atoms with van der Waals surface area (Å²) in [4.78, 5) is 170. The molecule has 33 nitrogen and oxygen atoms in total. The third kappa shape index (κ3) is 15.2. The van der Waals surface area contributed by atoms with Gasteiger partial charge in [-0.3, -0.25) is 47.9 Å². The molecule has 1 aliphatic heterocycles. The van der Waals surface area contributed by atoms with E-state index in [4.69, 9.17) is 18.4 Å². The van der Waals surface area contributed by atoms with Crippen molar-refractivity contribution >= 4 is 105 Å². The van der Waals surface area contributed by atoms with Gasteiger partial charge in [-0.05, 0) is 46.8 Å². The molecule has 7 heterocycles. The summed E-state index contributed by atoms with van der Waals surface area (Å²) in [6.45, 7) is 27.7. The summed E-state index contributed by atoms with van der Waals surface area (Å²) in [5, 5.41) is 55.8. The van der Waals surface area contributed by atoms with Crippen LogP contribution in [0.4, 0.5) is 0 Å². The Hall–Kier alpha value is -11.9. The number of amides is 10. The molecule has 0 spiro atoms. The number of nitrogens with zero attached hydrogens (tertiary/aromatic N) is 6. The first-order valence-electron chi connectivity index (χ1n) is 25.5. The SMILES string of the molecule is C=C(NC(=O)C(=C)NC(=O)C(=C)NC(=O)C(=C)NC(=O)c1ccc2c(n1)-c1coc(n1)C(=C)NC(=O)C(=C)NC(=O)c1nc(oc1C)/C(=C/C)NC(=O)c1csc(n1)C(O)NC(=O)c1nc(oc1C)/C(=C/C)NC(=O)[C@H]([C@@H](C)O)NC(=O)c1csc-2n1)C(=O)O. The summed E-state index contributed by atoms with van der Waals surface area (Å²) in [7, 11) is 0. The van der Waals surface area contributed by atoms with Crippen molar-refractivity contribution in [2.75, 3.05) is 0 Å². The van der Waals surface area contributed by atoms with E-state index >= 15 is 0 Å². The number of aliphatic hydroxyl groups is 2. The molecule has 10 amide bonds. The monoisotopic (exact) mass is 1270 g/mol. The maximum absolute atomic E-state index is 13.9. The predicted octanol–water partition coefficient (Wildman–Crippen LogP) is 1.34. The van der Waals surface area contributed by atoms with E-state index in [2.05, 4.69) is 112 Å². The first kappa shape index (κ1) is 65.6. The van der Waals surface area contributed by atoms with Crippen LogP contribution in [0.1, 0.15) is 114 Å². The molecule has 0 radical (unpaired) electrons. The minimum Gasteiger partial charge on any atom is -0.477 e. The van der Waals surface area contributed by atoms with E-state index in [0.717, 1.165) is 35.0 Å². The lowest BCUT2D eigenvalue weighted by molar-refractivity contribution is -0.134. The fourth-order valence-corrected chi connectivity index (χ4v) is 8.85. The second-order valence-corrected chi connectivity index (χ2v) is 20.2. The van der Waals surface area contributed by atoms with E-state index in [1.807, 2.05) is 10.6 Å². The van der Waals surface area contributed by atoms with Crippen LogP contribution in [-0.4, -0.2) is 122 Å². The molecule has 90 heavy (non-hydrogen) atoms. The molecule has 10 bridgehead atoms. The fourth-order valence-electron chi connectivity index (χ4n) is 7.29. The molecule has 3 atom stereocenters. The van der Waals surface area contributed by atoms with Crippen molar-refractivity contribution in [2.24, 2.45) is 0 Å². The Labute approximate surface area is 514 Å². The Morgan fingerprint density at radius 2 is 1.16 bits per heavy atom. The number of hydrogen-bond acceptors (Lipinski definition) is 24. The number of carbonyl (C=O) groups excluding carboxylic acids is 10. The van der Waals surface area contributed by atoms with Crippen molar-refractivity contribution in [3.8, 4) is 22.0 Å². The van der Waals surface area contributed by atoms with Gasteiger partial charge in [0.05, 0.1) is 40.3 Å². The lowest BCUT2D eigenvalue weighted by atomic mass is 10.1. The number of aromatic nitrogens is 6. The number of allylic oxidation sites excluding steroid dienone is 2. The van der Waals surface area contributed by atoms with Crippen molar-refractivity contribution in [1.82, 2.24) is 83.1 Å². The molecule has 0 aliphatic carbocycles. The highest BCUT2D eigenvalue weighted by Gasteiger charge is 2.32. The van der Waals surface area contributed by atoms with Gasteiger partial charge in [-0.2, -0.15) is 0 Å². The smallest absolute Gasteiger partial charge is 0.351 e. The Balaban J connectivity index is 1.18. The first-order chi connectivity index (χ1) is 42.5. The first-order valence-corrected chi connectivity index (χ1v) is 27.3. The average molecular weight is 1270 g/mol. The summed E-state index contributed by atoms with van der Waals surface area (Å²) >= 11 is 1.67. The molecule has 6 aromatic heterocycles. The molecule has 0 fully saturated rings. The minimum atomic E-state index is -1.79. The predicted molar refractivity (Wildman–Crippen MR) is 314 cm³/mol. The number of nitrogens with one attached hydrogen (secondary N) is 10. The van der Waals surface area contributed by atoms with Gasteiger partial charge in [0.15, 0.2) is 17.6 Å². The number of carbonyl (C=O) groups is 11. The minimum absolute atomic E-state index is 0.0250. The molecule has 1 unspecified atom stereocenters. The van der Waals surface area contributed by atoms with Gasteiger partial charge in [-0.15, -0.1) is 22.7 Å². The lowest BCUT2D eigenvalue weighted by Crippen LogP contribution is -2.52. The number of pyridine rings is 1. The molecular weight excluding hydrogens is 1220 g/mol. The zero-order chi connectivity index (χ0) is 66.2. The standard InChI is InChI=1S/C55H50N16O17S2/c1-12-29-51-69-36(26(10)87-51)47(81)59-22(6)41(75)60-23(7)50-65-32(16-86-50)38-28(14-15-31(62-38)43(77)58-21(5)40(74)56-19(3)39(73)57-20(4)42(76)61-24(8)55(84)85)53-66-34(17-89-53)45(79)68-35(25(9)72)46(80)64-30(13-2)52-70-37(27(11)88-52)48(82)71-49(83)54-67-33(18-90-54)44(78)63-29/h12-18,25,35,49,72,83H,3-8H2,1-2,9-11H3,(H,56,74)(H,57,73)(H,58,77)(H,59,81)(H,60,75)(H,61,76)(H,63,78)(H,64,80)(H,68,79)(H,71,82)(H,84,85)/b29-12-,30-13-/t25-,35+,49?/m1/s1. The molecule has 0 aromatic carbocycles. The second-order valence-electron chi connectivity index (χ2n) is 18.4. The molecule has 1 aliphatic rings. The van der Waals surface area contributed by atoms with Crippen LogP contribution in [0.5, 0.6) is 0 Å². The normalized spacial score (nSPS) is 16.4. The van der Waals surface area contributed by atoms with Crippen LogP contribution < -0.4 is 53.2 Å². The van der Waals surface area contributed by atoms with Crippen molar-refractivity contribution < 1.29 is 81.3 Å². The van der Waals surface area contributed by atoms with Crippen LogP contribution in [0.2, 0.25) is 0 Å². The molecule has 6 aromatic rings. The van der Waals surface area contributed by atoms with Crippen LogP contribution in [0.3, 0.4) is 0 Å². The number of aliphatic hydroxyl groups excluding tert-OH is 2. The third-order valence-corrected chi connectivity index (χ3v) is 13.7. The number of aryl methyl sites for hydroxylation is 2. The van der Waals surface area contributed by atoms with E-state index in [-0.39, 0.29) is 96.0 Å². The third-order valence-electron chi connectivity index (χ3n) is 11.9. The van der Waals surface area contributed by atoms with Crippen molar-refractivity contribution in [3.05, 3.63) is 172 Å². The maximum Gasteiger partial charge on any atom is 0.351 e. The van der Waals surface area contributed by atoms with E-state index in [1.165, 1.54) is 63.6 Å². The summed E-state index contributed by atoms with van der Waals surface area (Å²) in [5.74, 6) is -13.0. The van der Waals surface area contributed by atoms with Crippen LogP contribution in [0, 0.1) is 13.8 Å². The van der Waals surface area contributed by atoms with Crippen molar-refractivity contribution in [3.63, 3.8) is 0 Å². The van der Waals surface area contributed by atoms with Gasteiger partial charge in [0.1, 0.15) is 73.7 Å². The number of hydrogen-bond donors (Lipinski definition) is 13. The number of carboxylic acid groups (broad SMARTS) is 1. The van der Waals surface area contributed by atoms with Gasteiger partial charge in [-0.1, -0.05) is 51.6 Å². The summed E-state index contributed by atoms with van der Waals surface area (Å²) in [6.07, 6.45) is 0.424. The molecule has 464 valence electrons. The highest BCUT2D eigenvalue weighted by atomic mass is 32.1. The molecule has 13 N–H and O–H groups in total. The van der Waals surface area contributed by atoms with E-state index in [9.17, 15) is 63.0 Å². The van der Waals surface area contributed by atoms with Crippen LogP contribution in [0.15, 0.2) is 123 Å². The number of carboxylic acids is 1. The molecule has 0 saturated heterocycles. The zero-order valence-corrected chi connectivity index (χ0v) is 49.2. The highest BCUT2D eigenvalue weighted by Crippen LogP contribution is 2.34. The average Bonchev–Trinajstić information content (AvgIpc) is 1.62. The van der Waals surface area contributed by atoms with E-state index in [0.29, 0.717) is 0 Å². The Morgan fingerprint density at radius 1 is 0.611 bits per heavy atom. The molecule has 0 saturated carbocycles. The number of fused-ring (bicyclic) bond motifs is 13. The van der Waals surface area contributed by atoms with Crippen LogP contribution >= 0.6 is 22.7 Å². The summed E-state index contributed by atoms with van der Waals surface area (Å²) in [5.41, 5.74) is -5.69. The number of oxazole rings is 3. The van der Waals surface area contributed by atoms with Gasteiger partial charge in [0, 0.05) is 16.3 Å². The molecular formula is C55H50N16O17S2. The maximum atomic E-state index is 13.9. The second kappa shape index (κ2) is 27.6. The topological polar surface area (TPSA) is 486 Å². The van der Waals surface area contributed by atoms with Crippen LogP contribution in [-0.2, 0) is 28.8 Å². The van der Waals surface area contributed by atoms with Gasteiger partial charge in [-0.25, -0.2) is 34.7 Å².